The Morgan fingerprint density at radius 1 is 1.58 bits per heavy atom. The van der Waals surface area contributed by atoms with Gasteiger partial charge in [0, 0.05) is 5.56 Å². The second-order valence-corrected chi connectivity index (χ2v) is 2.14. The molecule has 0 radical (unpaired) electrons. The number of carboxylic acid groups (broad SMARTS) is 1. The second-order valence-electron chi connectivity index (χ2n) is 2.14. The minimum atomic E-state index is -1.22. The van der Waals surface area contributed by atoms with Crippen molar-refractivity contribution in [2.45, 2.75) is 0 Å². The van der Waals surface area contributed by atoms with Crippen LogP contribution in [-0.2, 0) is 0 Å². The molecule has 0 aromatic heterocycles. The third kappa shape index (κ3) is 1.43. The molecule has 0 bridgehead atoms. The zero-order chi connectivity index (χ0) is 9.14. The zero-order valence-electron chi connectivity index (χ0n) is 6.04. The molecule has 2 nitrogen and oxygen atoms in total. The van der Waals surface area contributed by atoms with E-state index in [1.54, 1.807) is 0 Å². The highest BCUT2D eigenvalue weighted by Crippen LogP contribution is 2.09. The van der Waals surface area contributed by atoms with E-state index in [9.17, 15) is 9.18 Å². The summed E-state index contributed by atoms with van der Waals surface area (Å²) in [7, 11) is 0. The third-order valence-corrected chi connectivity index (χ3v) is 1.37. The predicted octanol–water partition coefficient (Wildman–Crippen LogP) is 1.51. The summed E-state index contributed by atoms with van der Waals surface area (Å²) in [6.07, 6.45) is 5.00. The molecule has 0 fully saturated rings. The molecule has 0 unspecified atom stereocenters. The molecule has 0 aliphatic rings. The SMILES string of the molecule is C#Cc1ccc(F)cc1C(=O)O. The number of carbonyl (C=O) groups is 1. The van der Waals surface area contributed by atoms with Crippen LogP contribution in [-0.4, -0.2) is 11.1 Å². The van der Waals surface area contributed by atoms with Crippen molar-refractivity contribution in [1.82, 2.24) is 0 Å². The average Bonchev–Trinajstić information content (AvgIpc) is 2.04. The number of hydrogen-bond donors (Lipinski definition) is 1. The van der Waals surface area contributed by atoms with Crippen molar-refractivity contribution in [3.8, 4) is 12.3 Å². The van der Waals surface area contributed by atoms with Gasteiger partial charge in [0.25, 0.3) is 0 Å². The van der Waals surface area contributed by atoms with E-state index in [1.807, 2.05) is 0 Å². The van der Waals surface area contributed by atoms with Gasteiger partial charge in [-0.2, -0.15) is 0 Å². The van der Waals surface area contributed by atoms with Gasteiger partial charge in [0.05, 0.1) is 5.56 Å². The van der Waals surface area contributed by atoms with Crippen LogP contribution in [0.5, 0.6) is 0 Å². The Hall–Kier alpha value is -1.82. The van der Waals surface area contributed by atoms with Gasteiger partial charge in [-0.25, -0.2) is 9.18 Å². The van der Waals surface area contributed by atoms with Crippen LogP contribution in [0, 0.1) is 18.2 Å². The first-order valence-electron chi connectivity index (χ1n) is 3.14. The standard InChI is InChI=1S/C9H5FO2/c1-2-6-3-4-7(10)5-8(6)9(11)12/h1,3-5H,(H,11,12). The van der Waals surface area contributed by atoms with E-state index in [1.165, 1.54) is 6.07 Å². The lowest BCUT2D eigenvalue weighted by Crippen LogP contribution is -2.00. The highest BCUT2D eigenvalue weighted by molar-refractivity contribution is 5.90. The number of benzene rings is 1. The Labute approximate surface area is 68.6 Å². The smallest absolute Gasteiger partial charge is 0.337 e. The fourth-order valence-electron chi connectivity index (χ4n) is 0.819. The first-order valence-corrected chi connectivity index (χ1v) is 3.14. The van der Waals surface area contributed by atoms with Crippen LogP contribution < -0.4 is 0 Å². The molecule has 12 heavy (non-hydrogen) atoms. The number of carboxylic acids is 1. The Morgan fingerprint density at radius 2 is 2.25 bits per heavy atom. The maximum Gasteiger partial charge on any atom is 0.337 e. The van der Waals surface area contributed by atoms with Gasteiger partial charge in [0.2, 0.25) is 0 Å². The molecule has 1 N–H and O–H groups in total. The molecule has 3 heteroatoms. The van der Waals surface area contributed by atoms with E-state index in [2.05, 4.69) is 5.92 Å². The van der Waals surface area contributed by atoms with E-state index < -0.39 is 11.8 Å². The Kier molecular flexibility index (Phi) is 2.11. The molecule has 0 aliphatic carbocycles. The van der Waals surface area contributed by atoms with E-state index in [-0.39, 0.29) is 11.1 Å². The first-order chi connectivity index (χ1) is 5.65. The minimum Gasteiger partial charge on any atom is -0.478 e. The predicted molar refractivity (Wildman–Crippen MR) is 41.3 cm³/mol. The Bertz CT molecular complexity index is 363. The van der Waals surface area contributed by atoms with Gasteiger partial charge >= 0.3 is 5.97 Å². The van der Waals surface area contributed by atoms with Gasteiger partial charge in [0.15, 0.2) is 0 Å². The lowest BCUT2D eigenvalue weighted by Gasteiger charge is -1.97. The van der Waals surface area contributed by atoms with E-state index in [0.717, 1.165) is 12.1 Å². The monoisotopic (exact) mass is 164 g/mol. The van der Waals surface area contributed by atoms with Crippen LogP contribution in [0.15, 0.2) is 18.2 Å². The zero-order valence-corrected chi connectivity index (χ0v) is 6.04. The number of aromatic carboxylic acids is 1. The summed E-state index contributed by atoms with van der Waals surface area (Å²) in [6, 6.07) is 3.29. The molecule has 0 amide bonds. The number of hydrogen-bond acceptors (Lipinski definition) is 1. The molecule has 0 spiro atoms. The van der Waals surface area contributed by atoms with Crippen molar-refractivity contribution in [3.63, 3.8) is 0 Å². The van der Waals surface area contributed by atoms with Gasteiger partial charge in [-0.05, 0) is 18.2 Å². The van der Waals surface area contributed by atoms with Gasteiger partial charge in [-0.1, -0.05) is 5.92 Å². The summed E-state index contributed by atoms with van der Waals surface area (Å²) >= 11 is 0. The lowest BCUT2D eigenvalue weighted by molar-refractivity contribution is 0.0696. The molecule has 0 heterocycles. The van der Waals surface area contributed by atoms with Crippen molar-refractivity contribution >= 4 is 5.97 Å². The van der Waals surface area contributed by atoms with Gasteiger partial charge in [-0.3, -0.25) is 0 Å². The molecule has 1 aromatic carbocycles. The quantitative estimate of drug-likeness (QED) is 0.638. The van der Waals surface area contributed by atoms with Crippen LogP contribution in [0.1, 0.15) is 15.9 Å². The fraction of sp³-hybridized carbons (Fsp3) is 0. The largest absolute Gasteiger partial charge is 0.478 e. The molecule has 1 rings (SSSR count). The summed E-state index contributed by atoms with van der Waals surface area (Å²) in [6.45, 7) is 0. The van der Waals surface area contributed by atoms with Crippen LogP contribution in [0.25, 0.3) is 0 Å². The highest BCUT2D eigenvalue weighted by atomic mass is 19.1. The van der Waals surface area contributed by atoms with Crippen LogP contribution in [0.3, 0.4) is 0 Å². The number of terminal acetylenes is 1. The van der Waals surface area contributed by atoms with E-state index in [4.69, 9.17) is 11.5 Å². The molecule has 60 valence electrons. The second kappa shape index (κ2) is 3.05. The molecule has 0 atom stereocenters. The summed E-state index contributed by atoms with van der Waals surface area (Å²) in [5, 5.41) is 8.56. The van der Waals surface area contributed by atoms with Crippen molar-refractivity contribution in [2.24, 2.45) is 0 Å². The summed E-state index contributed by atoms with van der Waals surface area (Å²) < 4.78 is 12.5. The van der Waals surface area contributed by atoms with Gasteiger partial charge in [0.1, 0.15) is 5.82 Å². The summed E-state index contributed by atoms with van der Waals surface area (Å²) in [5.41, 5.74) is 0.00130. The van der Waals surface area contributed by atoms with Crippen LogP contribution in [0.2, 0.25) is 0 Å². The molecule has 1 aromatic rings. The van der Waals surface area contributed by atoms with Crippen molar-refractivity contribution in [3.05, 3.63) is 35.1 Å². The number of rotatable bonds is 1. The van der Waals surface area contributed by atoms with E-state index >= 15 is 0 Å². The lowest BCUT2D eigenvalue weighted by atomic mass is 10.1. The fourth-order valence-corrected chi connectivity index (χ4v) is 0.819. The van der Waals surface area contributed by atoms with Crippen molar-refractivity contribution in [1.29, 1.82) is 0 Å². The Balaban J connectivity index is 3.34. The third-order valence-electron chi connectivity index (χ3n) is 1.37. The molecular formula is C9H5FO2. The highest BCUT2D eigenvalue weighted by Gasteiger charge is 2.08. The van der Waals surface area contributed by atoms with Crippen LogP contribution in [0.4, 0.5) is 4.39 Å². The van der Waals surface area contributed by atoms with Gasteiger partial charge in [-0.15, -0.1) is 6.42 Å². The summed E-state index contributed by atoms with van der Waals surface area (Å²) in [4.78, 5) is 10.5. The van der Waals surface area contributed by atoms with Gasteiger partial charge < -0.3 is 5.11 Å². The van der Waals surface area contributed by atoms with E-state index in [0.29, 0.717) is 0 Å². The molecule has 0 saturated carbocycles. The number of halogens is 1. The summed E-state index contributed by atoms with van der Waals surface area (Å²) in [5.74, 6) is 0.331. The maximum atomic E-state index is 12.5. The maximum absolute atomic E-state index is 12.5. The molecule has 0 saturated heterocycles. The van der Waals surface area contributed by atoms with Crippen molar-refractivity contribution < 1.29 is 14.3 Å². The topological polar surface area (TPSA) is 37.3 Å². The van der Waals surface area contributed by atoms with Crippen molar-refractivity contribution in [2.75, 3.05) is 0 Å². The minimum absolute atomic E-state index is 0.183. The normalized spacial score (nSPS) is 9.00. The Morgan fingerprint density at radius 3 is 2.75 bits per heavy atom. The molecular weight excluding hydrogens is 159 g/mol. The van der Waals surface area contributed by atoms with Crippen LogP contribution >= 0.6 is 0 Å². The average molecular weight is 164 g/mol. The molecule has 0 aliphatic heterocycles. The first kappa shape index (κ1) is 8.28.